The zero-order valence-corrected chi connectivity index (χ0v) is 13.4. The highest BCUT2D eigenvalue weighted by Gasteiger charge is 2.18. The van der Waals surface area contributed by atoms with Crippen molar-refractivity contribution < 1.29 is 24.2 Å². The van der Waals surface area contributed by atoms with Crippen LogP contribution in [-0.4, -0.2) is 48.2 Å². The Morgan fingerprint density at radius 3 is 2.43 bits per heavy atom. The Morgan fingerprint density at radius 2 is 1.83 bits per heavy atom. The van der Waals surface area contributed by atoms with E-state index >= 15 is 0 Å². The number of ether oxygens (including phenoxy) is 2. The van der Waals surface area contributed by atoms with E-state index in [4.69, 9.17) is 14.6 Å². The van der Waals surface area contributed by atoms with Gasteiger partial charge in [0.25, 0.3) is 0 Å². The molecule has 6 heteroatoms. The normalized spacial score (nSPS) is 14.7. The van der Waals surface area contributed by atoms with E-state index in [9.17, 15) is 9.59 Å². The van der Waals surface area contributed by atoms with Gasteiger partial charge < -0.3 is 19.5 Å². The Kier molecular flexibility index (Phi) is 6.40. The van der Waals surface area contributed by atoms with Gasteiger partial charge in [-0.15, -0.1) is 0 Å². The molecule has 1 N–H and O–H groups in total. The van der Waals surface area contributed by atoms with E-state index in [1.165, 1.54) is 12.8 Å². The van der Waals surface area contributed by atoms with Crippen LogP contribution in [0.15, 0.2) is 24.3 Å². The highest BCUT2D eigenvalue weighted by molar-refractivity contribution is 5.77. The molecule has 2 rings (SSSR count). The van der Waals surface area contributed by atoms with Gasteiger partial charge in [0.15, 0.2) is 6.61 Å². The predicted molar refractivity (Wildman–Crippen MR) is 84.3 cm³/mol. The van der Waals surface area contributed by atoms with Crippen LogP contribution in [0.5, 0.6) is 5.75 Å². The Bertz CT molecular complexity index is 522. The molecule has 1 fully saturated rings. The second kappa shape index (κ2) is 8.53. The number of aliphatic carboxylic acids is 1. The third-order valence-electron chi connectivity index (χ3n) is 3.88. The molecule has 0 spiro atoms. The van der Waals surface area contributed by atoms with Crippen molar-refractivity contribution in [2.24, 2.45) is 0 Å². The summed E-state index contributed by atoms with van der Waals surface area (Å²) < 4.78 is 10.7. The third-order valence-corrected chi connectivity index (χ3v) is 3.88. The lowest BCUT2D eigenvalue weighted by Gasteiger charge is -2.19. The fourth-order valence-electron chi connectivity index (χ4n) is 2.55. The Balaban J connectivity index is 1.75. The molecule has 1 amide bonds. The van der Waals surface area contributed by atoms with Crippen LogP contribution in [0, 0.1) is 0 Å². The minimum absolute atomic E-state index is 0.0388. The maximum Gasteiger partial charge on any atom is 0.341 e. The predicted octanol–water partition coefficient (Wildman–Crippen LogP) is 2.07. The monoisotopic (exact) mass is 321 g/mol. The van der Waals surface area contributed by atoms with E-state index < -0.39 is 5.97 Å². The molecule has 1 saturated carbocycles. The number of likely N-dealkylation sites (N-methyl/N-ethyl adjacent to an activating group) is 1. The average molecular weight is 321 g/mol. The van der Waals surface area contributed by atoms with Crippen LogP contribution >= 0.6 is 0 Å². The average Bonchev–Trinajstić information content (AvgIpc) is 3.05. The van der Waals surface area contributed by atoms with Crippen molar-refractivity contribution in [1.29, 1.82) is 0 Å². The van der Waals surface area contributed by atoms with Crippen molar-refractivity contribution >= 4 is 11.9 Å². The van der Waals surface area contributed by atoms with E-state index in [1.54, 1.807) is 24.1 Å². The molecule has 0 unspecified atom stereocenters. The molecule has 1 aliphatic rings. The zero-order chi connectivity index (χ0) is 16.7. The Labute approximate surface area is 136 Å². The molecule has 0 atom stereocenters. The van der Waals surface area contributed by atoms with Crippen LogP contribution in [0.2, 0.25) is 0 Å². The van der Waals surface area contributed by atoms with E-state index in [0.717, 1.165) is 18.4 Å². The molecule has 1 aromatic carbocycles. The highest BCUT2D eigenvalue weighted by Crippen LogP contribution is 2.21. The molecule has 0 radical (unpaired) electrons. The summed E-state index contributed by atoms with van der Waals surface area (Å²) in [7, 11) is 1.75. The van der Waals surface area contributed by atoms with Gasteiger partial charge in [-0.2, -0.15) is 0 Å². The summed E-state index contributed by atoms with van der Waals surface area (Å²) in [6.45, 7) is 0.239. The van der Waals surface area contributed by atoms with Gasteiger partial charge in [-0.1, -0.05) is 25.0 Å². The SMILES string of the molecule is CN(Cc1ccc(OCC(=O)O)cc1)C(=O)COC1CCCC1. The number of carboxylic acids is 1. The van der Waals surface area contributed by atoms with Gasteiger partial charge in [-0.25, -0.2) is 4.79 Å². The van der Waals surface area contributed by atoms with Crippen LogP contribution < -0.4 is 4.74 Å². The van der Waals surface area contributed by atoms with Gasteiger partial charge in [0.05, 0.1) is 6.10 Å². The van der Waals surface area contributed by atoms with Crippen LogP contribution in [-0.2, 0) is 20.9 Å². The first-order valence-electron chi connectivity index (χ1n) is 7.83. The standard InChI is InChI=1S/C17H23NO5/c1-18(16(19)11-22-14-4-2-3-5-14)10-13-6-8-15(9-7-13)23-12-17(20)21/h6-9,14H,2-5,10-12H2,1H3,(H,20,21). The van der Waals surface area contributed by atoms with Crippen molar-refractivity contribution in [3.8, 4) is 5.75 Å². The van der Waals surface area contributed by atoms with Gasteiger partial charge in [-0.3, -0.25) is 4.79 Å². The number of carboxylic acid groups (broad SMARTS) is 1. The lowest BCUT2D eigenvalue weighted by Crippen LogP contribution is -2.31. The molecule has 0 aromatic heterocycles. The highest BCUT2D eigenvalue weighted by atomic mass is 16.5. The first-order chi connectivity index (χ1) is 11.0. The Hall–Kier alpha value is -2.08. The van der Waals surface area contributed by atoms with Gasteiger partial charge in [0, 0.05) is 13.6 Å². The summed E-state index contributed by atoms with van der Waals surface area (Å²) in [5.74, 6) is -0.556. The maximum absolute atomic E-state index is 12.1. The topological polar surface area (TPSA) is 76.1 Å². The van der Waals surface area contributed by atoms with Crippen molar-refractivity contribution in [3.63, 3.8) is 0 Å². The van der Waals surface area contributed by atoms with E-state index in [-0.39, 0.29) is 25.2 Å². The van der Waals surface area contributed by atoms with Gasteiger partial charge in [0.1, 0.15) is 12.4 Å². The molecule has 126 valence electrons. The lowest BCUT2D eigenvalue weighted by atomic mass is 10.2. The molecular formula is C17H23NO5. The van der Waals surface area contributed by atoms with E-state index in [2.05, 4.69) is 0 Å². The minimum Gasteiger partial charge on any atom is -0.482 e. The molecule has 23 heavy (non-hydrogen) atoms. The van der Waals surface area contributed by atoms with E-state index in [0.29, 0.717) is 12.3 Å². The summed E-state index contributed by atoms with van der Waals surface area (Å²) in [6, 6.07) is 7.04. The molecule has 6 nitrogen and oxygen atoms in total. The van der Waals surface area contributed by atoms with Crippen molar-refractivity contribution in [1.82, 2.24) is 4.90 Å². The van der Waals surface area contributed by atoms with Crippen molar-refractivity contribution in [3.05, 3.63) is 29.8 Å². The summed E-state index contributed by atoms with van der Waals surface area (Å²) in [5.41, 5.74) is 0.949. The van der Waals surface area contributed by atoms with Gasteiger partial charge >= 0.3 is 5.97 Å². The molecule has 1 aromatic rings. The van der Waals surface area contributed by atoms with Gasteiger partial charge in [0.2, 0.25) is 5.91 Å². The number of amides is 1. The quantitative estimate of drug-likeness (QED) is 0.793. The first kappa shape index (κ1) is 17.3. The molecule has 1 aliphatic carbocycles. The van der Waals surface area contributed by atoms with E-state index in [1.807, 2.05) is 12.1 Å². The largest absolute Gasteiger partial charge is 0.482 e. The third kappa shape index (κ3) is 5.90. The Morgan fingerprint density at radius 1 is 1.17 bits per heavy atom. The van der Waals surface area contributed by atoms with Crippen LogP contribution in [0.3, 0.4) is 0 Å². The number of hydrogen-bond donors (Lipinski definition) is 1. The zero-order valence-electron chi connectivity index (χ0n) is 13.4. The minimum atomic E-state index is -1.01. The molecule has 0 aliphatic heterocycles. The lowest BCUT2D eigenvalue weighted by molar-refractivity contribution is -0.139. The number of carbonyl (C=O) groups excluding carboxylic acids is 1. The second-order valence-corrected chi connectivity index (χ2v) is 5.79. The number of nitrogens with zero attached hydrogens (tertiary/aromatic N) is 1. The van der Waals surface area contributed by atoms with Crippen LogP contribution in [0.4, 0.5) is 0 Å². The number of hydrogen-bond acceptors (Lipinski definition) is 4. The summed E-state index contributed by atoms with van der Waals surface area (Å²) in [4.78, 5) is 24.1. The van der Waals surface area contributed by atoms with Crippen molar-refractivity contribution in [2.45, 2.75) is 38.3 Å². The number of benzene rings is 1. The van der Waals surface area contributed by atoms with Crippen LogP contribution in [0.25, 0.3) is 0 Å². The fourth-order valence-corrected chi connectivity index (χ4v) is 2.55. The summed E-state index contributed by atoms with van der Waals surface area (Å²) in [6.07, 6.45) is 4.71. The summed E-state index contributed by atoms with van der Waals surface area (Å²) >= 11 is 0. The number of rotatable bonds is 8. The van der Waals surface area contributed by atoms with Crippen molar-refractivity contribution in [2.75, 3.05) is 20.3 Å². The number of carbonyl (C=O) groups is 2. The van der Waals surface area contributed by atoms with Gasteiger partial charge in [-0.05, 0) is 30.5 Å². The molecule has 0 bridgehead atoms. The first-order valence-corrected chi connectivity index (χ1v) is 7.83. The molecule has 0 heterocycles. The summed E-state index contributed by atoms with van der Waals surface area (Å²) in [5, 5.41) is 8.56. The fraction of sp³-hybridized carbons (Fsp3) is 0.529. The second-order valence-electron chi connectivity index (χ2n) is 5.79. The van der Waals surface area contributed by atoms with Crippen LogP contribution in [0.1, 0.15) is 31.2 Å². The smallest absolute Gasteiger partial charge is 0.341 e. The maximum atomic E-state index is 12.1. The molecule has 0 saturated heterocycles. The molecular weight excluding hydrogens is 298 g/mol.